The number of methoxy groups -OCH3 is 1. The van der Waals surface area contributed by atoms with Gasteiger partial charge in [-0.3, -0.25) is 19.3 Å². The number of nitrogens with zero attached hydrogens (tertiary/aromatic N) is 3. The molecular formula is C51H47N5O8S2. The molecule has 2 aliphatic heterocycles. The molecule has 1 unspecified atom stereocenters. The van der Waals surface area contributed by atoms with E-state index in [1.54, 1.807) is 19.2 Å². The maximum Gasteiger partial charge on any atom is 0.356 e. The van der Waals surface area contributed by atoms with Crippen LogP contribution < -0.4 is 10.6 Å². The Morgan fingerprint density at radius 1 is 0.803 bits per heavy atom. The highest BCUT2D eigenvalue weighted by Crippen LogP contribution is 2.43. The highest BCUT2D eigenvalue weighted by Gasteiger charge is 2.55. The number of benzene rings is 5. The van der Waals surface area contributed by atoms with E-state index in [4.69, 9.17) is 24.0 Å². The molecule has 66 heavy (non-hydrogen) atoms. The first kappa shape index (κ1) is 45.5. The quantitative estimate of drug-likeness (QED) is 0.0227. The Balaban J connectivity index is 1.09. The summed E-state index contributed by atoms with van der Waals surface area (Å²) in [7, 11) is 1.45. The fourth-order valence-electron chi connectivity index (χ4n) is 7.71. The van der Waals surface area contributed by atoms with Crippen molar-refractivity contribution in [1.29, 1.82) is 0 Å². The monoisotopic (exact) mass is 921 g/mol. The number of thiazole rings is 1. The second-order valence-corrected chi connectivity index (χ2v) is 17.8. The van der Waals surface area contributed by atoms with Crippen LogP contribution in [0, 0.1) is 0 Å². The average molecular weight is 922 g/mol. The Bertz CT molecular complexity index is 2600. The number of β-lactam (4-membered cyclic amide) rings is 1. The number of carbonyl (C=O) groups excluding carboxylic acids is 4. The molecule has 2 aliphatic rings. The van der Waals surface area contributed by atoms with Crippen LogP contribution in [0.15, 0.2) is 173 Å². The van der Waals surface area contributed by atoms with E-state index in [9.17, 15) is 19.2 Å². The van der Waals surface area contributed by atoms with Crippen LogP contribution in [0.1, 0.15) is 60.4 Å². The summed E-state index contributed by atoms with van der Waals surface area (Å²) >= 11 is 2.58. The lowest BCUT2D eigenvalue weighted by Crippen LogP contribution is -2.71. The van der Waals surface area contributed by atoms with E-state index in [-0.39, 0.29) is 29.5 Å². The summed E-state index contributed by atoms with van der Waals surface area (Å²) in [4.78, 5) is 67.1. The van der Waals surface area contributed by atoms with Gasteiger partial charge in [0.1, 0.15) is 35.0 Å². The van der Waals surface area contributed by atoms with Crippen molar-refractivity contribution in [2.75, 3.05) is 24.8 Å². The maximum atomic E-state index is 14.5. The minimum absolute atomic E-state index is 0.0413. The molecule has 0 spiro atoms. The number of hydrogen-bond acceptors (Lipinski definition) is 13. The van der Waals surface area contributed by atoms with Crippen molar-refractivity contribution in [3.05, 3.63) is 202 Å². The van der Waals surface area contributed by atoms with E-state index in [1.165, 1.54) is 42.0 Å². The van der Waals surface area contributed by atoms with Crippen molar-refractivity contribution in [2.24, 2.45) is 5.16 Å². The summed E-state index contributed by atoms with van der Waals surface area (Å²) in [5.74, 6) is -3.67. The van der Waals surface area contributed by atoms with Crippen LogP contribution in [0.25, 0.3) is 0 Å². The van der Waals surface area contributed by atoms with Crippen molar-refractivity contribution in [3.8, 4) is 0 Å². The zero-order chi connectivity index (χ0) is 46.3. The van der Waals surface area contributed by atoms with Gasteiger partial charge in [-0.15, -0.1) is 23.1 Å². The van der Waals surface area contributed by atoms with Gasteiger partial charge in [0, 0.05) is 44.6 Å². The largest absolute Gasteiger partial charge is 0.461 e. The smallest absolute Gasteiger partial charge is 0.356 e. The molecule has 5 aromatic carbocycles. The second-order valence-electron chi connectivity index (χ2n) is 15.8. The third-order valence-corrected chi connectivity index (χ3v) is 13.2. The molecule has 1 saturated heterocycles. The van der Waals surface area contributed by atoms with Crippen molar-refractivity contribution < 1.29 is 38.2 Å². The Kier molecular flexibility index (Phi) is 13.8. The molecule has 2 atom stereocenters. The molecule has 336 valence electrons. The highest BCUT2D eigenvalue weighted by molar-refractivity contribution is 8.00. The number of anilines is 1. The molecule has 15 heteroatoms. The highest BCUT2D eigenvalue weighted by atomic mass is 32.2. The number of thioether (sulfide) groups is 1. The Morgan fingerprint density at radius 3 is 1.82 bits per heavy atom. The zero-order valence-corrected chi connectivity index (χ0v) is 38.2. The van der Waals surface area contributed by atoms with Crippen LogP contribution in [-0.4, -0.2) is 76.0 Å². The van der Waals surface area contributed by atoms with Crippen molar-refractivity contribution >= 4 is 57.7 Å². The van der Waals surface area contributed by atoms with Gasteiger partial charge in [0.05, 0.1) is 0 Å². The molecule has 8 rings (SSSR count). The van der Waals surface area contributed by atoms with E-state index in [1.807, 2.05) is 115 Å². The predicted octanol–water partition coefficient (Wildman–Crippen LogP) is 8.20. The molecule has 6 aromatic rings. The normalized spacial score (nSPS) is 16.2. The van der Waals surface area contributed by atoms with Crippen LogP contribution >= 0.6 is 23.1 Å². The van der Waals surface area contributed by atoms with Gasteiger partial charge in [0.15, 0.2) is 16.9 Å². The topological polar surface area (TPSA) is 158 Å². The molecule has 0 radical (unpaired) electrons. The van der Waals surface area contributed by atoms with Crippen LogP contribution in [0.5, 0.6) is 0 Å². The number of aromatic nitrogens is 1. The standard InChI is InChI=1S/C51H47N5O8S2/c1-33(57)62-30-36-31-65-47-42(46(59)56(47)43(36)48(60)63-44(34-20-10-5-11-21-34)35-22-12-6-13-23-35)53-45(58)41(55-64-50(2,3)61-4)40-32-66-49(52-40)54-51(37-24-14-7-15-25-37,38-26-16-8-17-27-38)39-28-18-9-19-29-39/h5-29,32,42,44,47H,30-31H2,1-4H3,(H,52,54)(H,53,58)/t42?,47-/m1/s1. The summed E-state index contributed by atoms with van der Waals surface area (Å²) in [6.07, 6.45) is -0.812. The van der Waals surface area contributed by atoms with Gasteiger partial charge in [-0.05, 0) is 27.8 Å². The van der Waals surface area contributed by atoms with Crippen LogP contribution in [0.3, 0.4) is 0 Å². The van der Waals surface area contributed by atoms with Crippen molar-refractivity contribution in [1.82, 2.24) is 15.2 Å². The van der Waals surface area contributed by atoms with Crippen molar-refractivity contribution in [3.63, 3.8) is 0 Å². The molecule has 3 heterocycles. The van der Waals surface area contributed by atoms with E-state index in [0.717, 1.165) is 27.8 Å². The Morgan fingerprint density at radius 2 is 1.32 bits per heavy atom. The number of hydrogen-bond donors (Lipinski definition) is 2. The van der Waals surface area contributed by atoms with E-state index >= 15 is 0 Å². The number of oxime groups is 1. The van der Waals surface area contributed by atoms with Gasteiger partial charge in [-0.2, -0.15) is 0 Å². The molecular weight excluding hydrogens is 875 g/mol. The van der Waals surface area contributed by atoms with Gasteiger partial charge in [-0.1, -0.05) is 157 Å². The zero-order valence-electron chi connectivity index (χ0n) is 36.6. The Labute approximate surface area is 390 Å². The third kappa shape index (κ3) is 9.64. The molecule has 2 amide bonds. The summed E-state index contributed by atoms with van der Waals surface area (Å²) in [6, 6.07) is 47.5. The molecule has 0 aliphatic carbocycles. The molecule has 13 nitrogen and oxygen atoms in total. The van der Waals surface area contributed by atoms with Crippen LogP contribution in [-0.2, 0) is 43.8 Å². The summed E-state index contributed by atoms with van der Waals surface area (Å²) in [5, 5.41) is 12.3. The molecule has 1 fully saturated rings. The number of amides is 2. The summed E-state index contributed by atoms with van der Waals surface area (Å²) in [5.41, 5.74) is 3.73. The van der Waals surface area contributed by atoms with E-state index in [2.05, 4.69) is 52.2 Å². The lowest BCUT2D eigenvalue weighted by molar-refractivity contribution is -0.197. The van der Waals surface area contributed by atoms with Gasteiger partial charge in [0.25, 0.3) is 11.8 Å². The average Bonchev–Trinajstić information content (AvgIpc) is 3.82. The minimum atomic E-state index is -1.23. The molecule has 0 saturated carbocycles. The summed E-state index contributed by atoms with van der Waals surface area (Å²) in [6.45, 7) is 4.31. The number of esters is 2. The second kappa shape index (κ2) is 20.0. The SMILES string of the molecule is COC(C)(C)ON=C(C(=O)NC1C(=O)N2C(C(=O)OC(c3ccccc3)c3ccccc3)=C(COC(C)=O)CS[C@H]12)c1csc(NC(c2ccccc2)(c2ccccc2)c2ccccc2)n1. The number of ether oxygens (including phenoxy) is 3. The van der Waals surface area contributed by atoms with Crippen LogP contribution in [0.4, 0.5) is 5.13 Å². The Hall–Kier alpha value is -7.07. The van der Waals surface area contributed by atoms with Gasteiger partial charge in [-0.25, -0.2) is 9.78 Å². The van der Waals surface area contributed by atoms with Gasteiger partial charge < -0.3 is 29.7 Å². The predicted molar refractivity (Wildman–Crippen MR) is 253 cm³/mol. The van der Waals surface area contributed by atoms with E-state index in [0.29, 0.717) is 10.7 Å². The lowest BCUT2D eigenvalue weighted by Gasteiger charge is -2.49. The molecule has 1 aromatic heterocycles. The van der Waals surface area contributed by atoms with Crippen molar-refractivity contribution in [2.45, 2.75) is 49.6 Å². The number of rotatable bonds is 17. The first-order chi connectivity index (χ1) is 32.0. The lowest BCUT2D eigenvalue weighted by atomic mass is 9.77. The first-order valence-electron chi connectivity index (χ1n) is 21.1. The number of nitrogens with one attached hydrogen (secondary N) is 2. The fourth-order valence-corrected chi connectivity index (χ4v) is 9.78. The third-order valence-electron chi connectivity index (χ3n) is 11.1. The molecule has 0 bridgehead atoms. The van der Waals surface area contributed by atoms with Gasteiger partial charge in [0.2, 0.25) is 5.79 Å². The molecule has 2 N–H and O–H groups in total. The number of fused-ring (bicyclic) bond motifs is 1. The number of carbonyl (C=O) groups is 4. The van der Waals surface area contributed by atoms with Gasteiger partial charge >= 0.3 is 11.9 Å². The maximum absolute atomic E-state index is 14.5. The van der Waals surface area contributed by atoms with Crippen LogP contribution in [0.2, 0.25) is 0 Å². The fraction of sp³-hybridized carbons (Fsp3) is 0.216. The first-order valence-corrected chi connectivity index (χ1v) is 23.1. The minimum Gasteiger partial charge on any atom is -0.461 e. The summed E-state index contributed by atoms with van der Waals surface area (Å²) < 4.78 is 17.0. The van der Waals surface area contributed by atoms with E-state index < -0.39 is 52.6 Å².